The molecule has 0 bridgehead atoms. The van der Waals surface area contributed by atoms with Crippen LogP contribution in [-0.2, 0) is 30.4 Å². The van der Waals surface area contributed by atoms with Crippen LogP contribution in [0.5, 0.6) is 5.75 Å². The van der Waals surface area contributed by atoms with Crippen LogP contribution in [-0.4, -0.2) is 27.9 Å². The second-order valence-corrected chi connectivity index (χ2v) is 9.55. The van der Waals surface area contributed by atoms with Crippen molar-refractivity contribution in [1.29, 1.82) is 0 Å². The van der Waals surface area contributed by atoms with Gasteiger partial charge in [0.2, 0.25) is 5.89 Å². The molecule has 7 nitrogen and oxygen atoms in total. The Labute approximate surface area is 240 Å². The second kappa shape index (κ2) is 13.2. The number of oxazole rings is 1. The molecule has 42 heavy (non-hydrogen) atoms. The Morgan fingerprint density at radius 3 is 2.29 bits per heavy atom. The summed E-state index contributed by atoms with van der Waals surface area (Å²) in [6.07, 6.45) is -2.58. The van der Waals surface area contributed by atoms with Gasteiger partial charge in [0, 0.05) is 35.7 Å². The molecule has 0 aliphatic carbocycles. The van der Waals surface area contributed by atoms with Gasteiger partial charge in [-0.3, -0.25) is 4.79 Å². The number of hydrogen-bond donors (Lipinski definition) is 2. The third kappa shape index (κ3) is 7.87. The molecule has 0 unspecified atom stereocenters. The van der Waals surface area contributed by atoms with Crippen molar-refractivity contribution in [3.63, 3.8) is 0 Å². The van der Waals surface area contributed by atoms with Crippen molar-refractivity contribution >= 4 is 11.8 Å². The van der Waals surface area contributed by atoms with E-state index in [0.29, 0.717) is 29.3 Å². The lowest BCUT2D eigenvalue weighted by atomic mass is 10.0. The number of carbonyl (C=O) groups is 2. The van der Waals surface area contributed by atoms with Crippen molar-refractivity contribution in [2.75, 3.05) is 0 Å². The summed E-state index contributed by atoms with van der Waals surface area (Å²) < 4.78 is 50.1. The zero-order valence-corrected chi connectivity index (χ0v) is 22.9. The SMILES string of the molecule is CCc1oc(-c2ccccc2)nc1COc1ccc(C[C@H](NC(C)=CC(=O)c2ccc(C(F)(F)F)cc2)C(=O)O)cc1. The molecule has 218 valence electrons. The Hall–Kier alpha value is -4.86. The molecule has 0 saturated heterocycles. The number of carboxylic acid groups (broad SMARTS) is 1. The average molecular weight is 579 g/mol. The minimum absolute atomic E-state index is 0.0552. The summed E-state index contributed by atoms with van der Waals surface area (Å²) in [5.74, 6) is 0.161. The van der Waals surface area contributed by atoms with Gasteiger partial charge in [-0.25, -0.2) is 9.78 Å². The van der Waals surface area contributed by atoms with Gasteiger partial charge in [-0.1, -0.05) is 49.4 Å². The highest BCUT2D eigenvalue weighted by molar-refractivity contribution is 6.04. The third-order valence-electron chi connectivity index (χ3n) is 6.40. The summed E-state index contributed by atoms with van der Waals surface area (Å²) in [6.45, 7) is 3.70. The number of hydrogen-bond acceptors (Lipinski definition) is 6. The van der Waals surface area contributed by atoms with Gasteiger partial charge in [0.25, 0.3) is 0 Å². The number of ketones is 1. The lowest BCUT2D eigenvalue weighted by molar-refractivity contribution is -0.139. The van der Waals surface area contributed by atoms with E-state index in [-0.39, 0.29) is 24.3 Å². The van der Waals surface area contributed by atoms with E-state index in [2.05, 4.69) is 10.3 Å². The van der Waals surface area contributed by atoms with Crippen LogP contribution in [0.15, 0.2) is 95.1 Å². The number of halogens is 3. The number of benzene rings is 3. The molecule has 2 N–H and O–H groups in total. The first-order valence-corrected chi connectivity index (χ1v) is 13.2. The van der Waals surface area contributed by atoms with E-state index in [1.54, 1.807) is 24.3 Å². The van der Waals surface area contributed by atoms with E-state index in [1.165, 1.54) is 6.92 Å². The van der Waals surface area contributed by atoms with E-state index >= 15 is 0 Å². The number of carboxylic acids is 1. The van der Waals surface area contributed by atoms with Gasteiger partial charge in [-0.2, -0.15) is 13.2 Å². The largest absolute Gasteiger partial charge is 0.487 e. The van der Waals surface area contributed by atoms with E-state index < -0.39 is 29.5 Å². The predicted molar refractivity (Wildman–Crippen MR) is 150 cm³/mol. The molecule has 4 rings (SSSR count). The van der Waals surface area contributed by atoms with Crippen molar-refractivity contribution in [2.24, 2.45) is 0 Å². The number of rotatable bonds is 12. The highest BCUT2D eigenvalue weighted by atomic mass is 19.4. The Bertz CT molecular complexity index is 1540. The van der Waals surface area contributed by atoms with E-state index in [4.69, 9.17) is 9.15 Å². The summed E-state index contributed by atoms with van der Waals surface area (Å²) in [4.78, 5) is 29.0. The second-order valence-electron chi connectivity index (χ2n) is 9.55. The lowest BCUT2D eigenvalue weighted by Crippen LogP contribution is -2.37. The minimum atomic E-state index is -4.50. The van der Waals surface area contributed by atoms with Crippen molar-refractivity contribution in [2.45, 2.75) is 45.5 Å². The number of aromatic nitrogens is 1. The van der Waals surface area contributed by atoms with Gasteiger partial charge in [-0.15, -0.1) is 0 Å². The molecule has 0 radical (unpaired) electrons. The summed E-state index contributed by atoms with van der Waals surface area (Å²) in [5.41, 5.74) is 1.75. The van der Waals surface area contributed by atoms with Gasteiger partial charge in [0.1, 0.15) is 29.9 Å². The monoisotopic (exact) mass is 578 g/mol. The van der Waals surface area contributed by atoms with Crippen LogP contribution in [0.2, 0.25) is 0 Å². The number of ether oxygens (including phenoxy) is 1. The molecule has 3 aromatic carbocycles. The number of nitrogens with zero attached hydrogens (tertiary/aromatic N) is 1. The van der Waals surface area contributed by atoms with Gasteiger partial charge in [-0.05, 0) is 48.9 Å². The first-order valence-electron chi connectivity index (χ1n) is 13.2. The number of alkyl halides is 3. The van der Waals surface area contributed by atoms with Crippen molar-refractivity contribution in [1.82, 2.24) is 10.3 Å². The van der Waals surface area contributed by atoms with Crippen molar-refractivity contribution in [3.05, 3.63) is 119 Å². The number of aryl methyl sites for hydroxylation is 1. The molecule has 0 aliphatic heterocycles. The van der Waals surface area contributed by atoms with Crippen LogP contribution < -0.4 is 10.1 Å². The van der Waals surface area contributed by atoms with Gasteiger partial charge in [0.05, 0.1) is 5.56 Å². The fourth-order valence-corrected chi connectivity index (χ4v) is 4.21. The minimum Gasteiger partial charge on any atom is -0.487 e. The molecule has 0 aliphatic rings. The molecule has 10 heteroatoms. The molecule has 4 aromatic rings. The van der Waals surface area contributed by atoms with Gasteiger partial charge >= 0.3 is 12.1 Å². The Balaban J connectivity index is 1.35. The Kier molecular flexibility index (Phi) is 9.46. The highest BCUT2D eigenvalue weighted by Gasteiger charge is 2.30. The molecular weight excluding hydrogens is 549 g/mol. The molecule has 1 heterocycles. The maximum Gasteiger partial charge on any atom is 0.416 e. The average Bonchev–Trinajstić information content (AvgIpc) is 3.40. The van der Waals surface area contributed by atoms with Crippen LogP contribution in [0.4, 0.5) is 13.2 Å². The standard InChI is InChI=1S/C32H29F3N2O5/c1-3-29-27(37-30(42-29)23-7-5-4-6-8-23)19-41-25-15-9-21(10-16-25)18-26(31(39)40)36-20(2)17-28(38)22-11-13-24(14-12-22)32(33,34)35/h4-17,26,36H,3,18-19H2,1-2H3,(H,39,40)/t26-/m0/s1. The van der Waals surface area contributed by atoms with Crippen LogP contribution in [0, 0.1) is 0 Å². The zero-order chi connectivity index (χ0) is 30.3. The molecule has 1 atom stereocenters. The van der Waals surface area contributed by atoms with Crippen LogP contribution in [0.3, 0.4) is 0 Å². The zero-order valence-electron chi connectivity index (χ0n) is 22.9. The lowest BCUT2D eigenvalue weighted by Gasteiger charge is -2.16. The Morgan fingerprint density at radius 1 is 1.02 bits per heavy atom. The van der Waals surface area contributed by atoms with Gasteiger partial charge in [0.15, 0.2) is 5.78 Å². The maximum atomic E-state index is 12.8. The van der Waals surface area contributed by atoms with Gasteiger partial charge < -0.3 is 19.6 Å². The number of aliphatic carboxylic acids is 1. The molecular formula is C32H29F3N2O5. The first-order chi connectivity index (χ1) is 20.0. The molecule has 0 saturated carbocycles. The maximum absolute atomic E-state index is 12.8. The predicted octanol–water partition coefficient (Wildman–Crippen LogP) is 6.87. The fraction of sp³-hybridized carbons (Fsp3) is 0.219. The topological polar surface area (TPSA) is 102 Å². The smallest absolute Gasteiger partial charge is 0.416 e. The van der Waals surface area contributed by atoms with Crippen LogP contribution in [0.1, 0.15) is 46.8 Å². The highest BCUT2D eigenvalue weighted by Crippen LogP contribution is 2.29. The third-order valence-corrected chi connectivity index (χ3v) is 6.40. The van der Waals surface area contributed by atoms with Crippen LogP contribution >= 0.6 is 0 Å². The fourth-order valence-electron chi connectivity index (χ4n) is 4.21. The van der Waals surface area contributed by atoms with E-state index in [1.807, 2.05) is 37.3 Å². The normalized spacial score (nSPS) is 12.5. The van der Waals surface area contributed by atoms with Crippen molar-refractivity contribution in [3.8, 4) is 17.2 Å². The van der Waals surface area contributed by atoms with E-state index in [9.17, 15) is 27.9 Å². The molecule has 0 fully saturated rings. The van der Waals surface area contributed by atoms with Crippen molar-refractivity contribution < 1.29 is 37.0 Å². The molecule has 0 amide bonds. The van der Waals surface area contributed by atoms with E-state index in [0.717, 1.165) is 41.7 Å². The summed E-state index contributed by atoms with van der Waals surface area (Å²) in [6, 6.07) is 19.3. The number of allylic oxidation sites excluding steroid dienone is 2. The summed E-state index contributed by atoms with van der Waals surface area (Å²) in [5, 5.41) is 12.5. The first kappa shape index (κ1) is 30.1. The number of nitrogens with one attached hydrogen (secondary N) is 1. The quantitative estimate of drug-likeness (QED) is 0.140. The number of carbonyl (C=O) groups excluding carboxylic acids is 1. The molecule has 0 spiro atoms. The van der Waals surface area contributed by atoms with Crippen LogP contribution in [0.25, 0.3) is 11.5 Å². The summed E-state index contributed by atoms with van der Waals surface area (Å²) >= 11 is 0. The summed E-state index contributed by atoms with van der Waals surface area (Å²) in [7, 11) is 0. The Morgan fingerprint density at radius 2 is 1.69 bits per heavy atom. The molecule has 1 aromatic heterocycles.